The number of aliphatic carboxylic acids is 3. The van der Waals surface area contributed by atoms with Crippen LogP contribution in [0, 0.1) is 11.3 Å². The second-order valence-electron chi connectivity index (χ2n) is 3.99. The molecule has 19 heavy (non-hydrogen) atoms. The van der Waals surface area contributed by atoms with Gasteiger partial charge in [0.2, 0.25) is 0 Å². The number of hydrogen-bond acceptors (Lipinski definition) is 3. The zero-order chi connectivity index (χ0) is 15.1. The maximum absolute atomic E-state index is 11.3. The molecule has 104 valence electrons. The van der Waals surface area contributed by atoms with Crippen LogP contribution in [0.15, 0.2) is 37.5 Å². The monoisotopic (exact) mass is 268 g/mol. The summed E-state index contributed by atoms with van der Waals surface area (Å²) in [6, 6.07) is 0. The molecule has 0 fully saturated rings. The van der Waals surface area contributed by atoms with E-state index in [2.05, 4.69) is 13.2 Å². The molecule has 2 atom stereocenters. The van der Waals surface area contributed by atoms with Crippen LogP contribution in [-0.4, -0.2) is 33.2 Å². The fourth-order valence-electron chi connectivity index (χ4n) is 1.55. The number of hydrogen-bond donors (Lipinski definition) is 3. The third-order valence-electron chi connectivity index (χ3n) is 2.75. The molecule has 0 aromatic carbocycles. The molecule has 6 heteroatoms. The van der Waals surface area contributed by atoms with Crippen molar-refractivity contribution in [1.82, 2.24) is 0 Å². The number of carboxylic acids is 3. The summed E-state index contributed by atoms with van der Waals surface area (Å²) in [6.07, 6.45) is 3.85. The lowest BCUT2D eigenvalue weighted by Crippen LogP contribution is -2.32. The highest BCUT2D eigenvalue weighted by Crippen LogP contribution is 2.33. The first kappa shape index (κ1) is 16.6. The van der Waals surface area contributed by atoms with Crippen LogP contribution in [-0.2, 0) is 14.4 Å². The lowest BCUT2D eigenvalue weighted by molar-refractivity contribution is -0.148. The maximum Gasteiger partial charge on any atom is 0.327 e. The van der Waals surface area contributed by atoms with E-state index in [-0.39, 0.29) is 12.8 Å². The standard InChI is InChI=1S/C13H16O6/c1-3-9(11(16)17)8-13(4-2,12(18)19)7-5-6-10(14)15/h3-6,9H,1-2,7-8H2,(H,14,15)(H,16,17)(H,18,19)/b6-5+. The van der Waals surface area contributed by atoms with E-state index < -0.39 is 29.2 Å². The van der Waals surface area contributed by atoms with Gasteiger partial charge in [-0.25, -0.2) is 4.79 Å². The Kier molecular flexibility index (Phi) is 6.26. The highest BCUT2D eigenvalue weighted by Gasteiger charge is 2.38. The number of carboxylic acid groups (broad SMARTS) is 3. The SMILES string of the molecule is C=CC(CC(C=C)(C/C=C/C(=O)O)C(=O)O)C(=O)O. The molecule has 0 saturated carbocycles. The van der Waals surface area contributed by atoms with Gasteiger partial charge in [-0.2, -0.15) is 0 Å². The first-order chi connectivity index (χ1) is 8.79. The number of allylic oxidation sites excluding steroid dienone is 1. The molecule has 0 spiro atoms. The van der Waals surface area contributed by atoms with Crippen molar-refractivity contribution >= 4 is 17.9 Å². The normalized spacial score (nSPS) is 15.4. The van der Waals surface area contributed by atoms with Gasteiger partial charge in [-0.15, -0.1) is 13.2 Å². The Morgan fingerprint density at radius 3 is 2.05 bits per heavy atom. The molecule has 6 nitrogen and oxygen atoms in total. The summed E-state index contributed by atoms with van der Waals surface area (Å²) in [5.74, 6) is -4.70. The average Bonchev–Trinajstić information content (AvgIpc) is 2.32. The Morgan fingerprint density at radius 2 is 1.74 bits per heavy atom. The molecule has 0 saturated heterocycles. The van der Waals surface area contributed by atoms with Crippen molar-refractivity contribution in [1.29, 1.82) is 0 Å². The van der Waals surface area contributed by atoms with E-state index in [1.165, 1.54) is 6.08 Å². The summed E-state index contributed by atoms with van der Waals surface area (Å²) in [4.78, 5) is 32.6. The topological polar surface area (TPSA) is 112 Å². The van der Waals surface area contributed by atoms with E-state index in [9.17, 15) is 19.5 Å². The van der Waals surface area contributed by atoms with Gasteiger partial charge in [0.15, 0.2) is 0 Å². The van der Waals surface area contributed by atoms with Crippen molar-refractivity contribution in [3.8, 4) is 0 Å². The second kappa shape index (κ2) is 7.15. The zero-order valence-electron chi connectivity index (χ0n) is 10.3. The average molecular weight is 268 g/mol. The van der Waals surface area contributed by atoms with Crippen LogP contribution >= 0.6 is 0 Å². The van der Waals surface area contributed by atoms with E-state index in [4.69, 9.17) is 10.2 Å². The van der Waals surface area contributed by atoms with Crippen LogP contribution in [0.25, 0.3) is 0 Å². The van der Waals surface area contributed by atoms with Gasteiger partial charge in [0, 0.05) is 6.08 Å². The molecule has 0 amide bonds. The lowest BCUT2D eigenvalue weighted by atomic mass is 9.76. The van der Waals surface area contributed by atoms with Crippen molar-refractivity contribution in [2.24, 2.45) is 11.3 Å². The number of carbonyl (C=O) groups is 3. The molecule has 0 rings (SSSR count). The molecule has 3 N–H and O–H groups in total. The highest BCUT2D eigenvalue weighted by atomic mass is 16.4. The van der Waals surface area contributed by atoms with Crippen LogP contribution in [0.2, 0.25) is 0 Å². The summed E-state index contributed by atoms with van der Waals surface area (Å²) >= 11 is 0. The molecule has 0 aliphatic heterocycles. The summed E-state index contributed by atoms with van der Waals surface area (Å²) < 4.78 is 0. The van der Waals surface area contributed by atoms with Crippen molar-refractivity contribution < 1.29 is 29.7 Å². The first-order valence-corrected chi connectivity index (χ1v) is 5.41. The fraction of sp³-hybridized carbons (Fsp3) is 0.308. The molecular weight excluding hydrogens is 252 g/mol. The van der Waals surface area contributed by atoms with E-state index >= 15 is 0 Å². The van der Waals surface area contributed by atoms with Gasteiger partial charge in [0.25, 0.3) is 0 Å². The van der Waals surface area contributed by atoms with Gasteiger partial charge in [-0.05, 0) is 12.8 Å². The summed E-state index contributed by atoms with van der Waals surface area (Å²) in [7, 11) is 0. The molecule has 0 aromatic heterocycles. The third-order valence-corrected chi connectivity index (χ3v) is 2.75. The quantitative estimate of drug-likeness (QED) is 0.432. The van der Waals surface area contributed by atoms with Crippen molar-refractivity contribution in [2.75, 3.05) is 0 Å². The Labute approximate surface area is 110 Å². The summed E-state index contributed by atoms with van der Waals surface area (Å²) in [5.41, 5.74) is -1.54. The molecule has 2 unspecified atom stereocenters. The van der Waals surface area contributed by atoms with Crippen LogP contribution < -0.4 is 0 Å². The van der Waals surface area contributed by atoms with Gasteiger partial charge in [0.05, 0.1) is 11.3 Å². The van der Waals surface area contributed by atoms with Crippen molar-refractivity contribution in [3.05, 3.63) is 37.5 Å². The van der Waals surface area contributed by atoms with Crippen molar-refractivity contribution in [3.63, 3.8) is 0 Å². The minimum atomic E-state index is -1.54. The Bertz CT molecular complexity index is 423. The molecule has 0 aliphatic rings. The molecular formula is C13H16O6. The van der Waals surface area contributed by atoms with E-state index in [1.807, 2.05) is 0 Å². The molecule has 0 radical (unpaired) electrons. The van der Waals surface area contributed by atoms with Crippen LogP contribution in [0.3, 0.4) is 0 Å². The van der Waals surface area contributed by atoms with E-state index in [0.29, 0.717) is 0 Å². The lowest BCUT2D eigenvalue weighted by Gasteiger charge is -2.26. The Morgan fingerprint density at radius 1 is 1.16 bits per heavy atom. The predicted molar refractivity (Wildman–Crippen MR) is 67.6 cm³/mol. The smallest absolute Gasteiger partial charge is 0.327 e. The highest BCUT2D eigenvalue weighted by molar-refractivity contribution is 5.81. The minimum absolute atomic E-state index is 0.157. The van der Waals surface area contributed by atoms with Gasteiger partial charge >= 0.3 is 17.9 Å². The Balaban J connectivity index is 5.22. The third kappa shape index (κ3) is 4.79. The largest absolute Gasteiger partial charge is 0.481 e. The minimum Gasteiger partial charge on any atom is -0.481 e. The van der Waals surface area contributed by atoms with Crippen LogP contribution in [0.4, 0.5) is 0 Å². The maximum atomic E-state index is 11.3. The van der Waals surface area contributed by atoms with Gasteiger partial charge in [-0.3, -0.25) is 9.59 Å². The molecule has 0 aromatic rings. The fourth-order valence-corrected chi connectivity index (χ4v) is 1.55. The summed E-state index contributed by atoms with van der Waals surface area (Å²) in [6.45, 7) is 6.76. The second-order valence-corrected chi connectivity index (χ2v) is 3.99. The Hall–Kier alpha value is -2.37. The first-order valence-electron chi connectivity index (χ1n) is 5.41. The molecule has 0 aliphatic carbocycles. The van der Waals surface area contributed by atoms with Crippen LogP contribution in [0.5, 0.6) is 0 Å². The summed E-state index contributed by atoms with van der Waals surface area (Å²) in [5, 5.41) is 26.6. The van der Waals surface area contributed by atoms with Gasteiger partial charge in [0.1, 0.15) is 0 Å². The van der Waals surface area contributed by atoms with Crippen LogP contribution in [0.1, 0.15) is 12.8 Å². The van der Waals surface area contributed by atoms with Gasteiger partial charge < -0.3 is 15.3 Å². The predicted octanol–water partition coefficient (Wildman–Crippen LogP) is 1.55. The van der Waals surface area contributed by atoms with Gasteiger partial charge in [-0.1, -0.05) is 18.2 Å². The van der Waals surface area contributed by atoms with Crippen molar-refractivity contribution in [2.45, 2.75) is 12.8 Å². The zero-order valence-corrected chi connectivity index (χ0v) is 10.3. The van der Waals surface area contributed by atoms with E-state index in [1.54, 1.807) is 0 Å². The number of rotatable bonds is 9. The molecule has 0 heterocycles. The molecule has 0 bridgehead atoms. The van der Waals surface area contributed by atoms with E-state index in [0.717, 1.165) is 18.2 Å².